The van der Waals surface area contributed by atoms with Crippen molar-refractivity contribution in [2.45, 2.75) is 40.5 Å². The van der Waals surface area contributed by atoms with E-state index in [2.05, 4.69) is 30.0 Å². The van der Waals surface area contributed by atoms with E-state index in [1.165, 1.54) is 4.52 Å². The summed E-state index contributed by atoms with van der Waals surface area (Å²) in [6, 6.07) is 23.7. The van der Waals surface area contributed by atoms with Crippen molar-refractivity contribution in [2.75, 3.05) is 6.61 Å². The zero-order chi connectivity index (χ0) is 30.8. The molecule has 0 N–H and O–H groups in total. The predicted molar refractivity (Wildman–Crippen MR) is 175 cm³/mol. The molecule has 0 amide bonds. The Morgan fingerprint density at radius 2 is 1.73 bits per heavy atom. The largest absolute Gasteiger partial charge is 0.493 e. The van der Waals surface area contributed by atoms with Crippen LogP contribution in [0.15, 0.2) is 88.6 Å². The molecule has 0 bridgehead atoms. The van der Waals surface area contributed by atoms with Crippen molar-refractivity contribution in [3.63, 3.8) is 0 Å². The second kappa shape index (κ2) is 12.4. The molecule has 3 heterocycles. The van der Waals surface area contributed by atoms with Gasteiger partial charge in [-0.1, -0.05) is 73.2 Å². The van der Waals surface area contributed by atoms with Gasteiger partial charge in [0.25, 0.3) is 11.1 Å². The fourth-order valence-corrected chi connectivity index (χ4v) is 5.78. The van der Waals surface area contributed by atoms with E-state index >= 15 is 0 Å². The Kier molecular flexibility index (Phi) is 8.21. The average molecular weight is 604 g/mol. The molecule has 0 aliphatic heterocycles. The molecule has 0 saturated heterocycles. The summed E-state index contributed by atoms with van der Waals surface area (Å²) in [7, 11) is 0. The van der Waals surface area contributed by atoms with Gasteiger partial charge in [-0.2, -0.15) is 19.7 Å². The van der Waals surface area contributed by atoms with Gasteiger partial charge in [0, 0.05) is 23.7 Å². The Hall–Kier alpha value is -4.89. The van der Waals surface area contributed by atoms with Crippen molar-refractivity contribution >= 4 is 22.4 Å². The van der Waals surface area contributed by atoms with Gasteiger partial charge in [0.15, 0.2) is 0 Å². The van der Waals surface area contributed by atoms with Crippen molar-refractivity contribution in [3.8, 4) is 22.7 Å². The van der Waals surface area contributed by atoms with Crippen LogP contribution in [0.3, 0.4) is 0 Å². The zero-order valence-corrected chi connectivity index (χ0v) is 26.0. The van der Waals surface area contributed by atoms with Crippen LogP contribution in [0.4, 0.5) is 0 Å². The first-order valence-electron chi connectivity index (χ1n) is 14.6. The smallest absolute Gasteiger partial charge is 0.296 e. The first-order chi connectivity index (χ1) is 21.2. The summed E-state index contributed by atoms with van der Waals surface area (Å²) in [5.41, 5.74) is 5.82. The van der Waals surface area contributed by atoms with Gasteiger partial charge in [-0.25, -0.2) is 4.68 Å². The highest BCUT2D eigenvalue weighted by Gasteiger charge is 2.16. The van der Waals surface area contributed by atoms with E-state index in [0.29, 0.717) is 23.5 Å². The quantitative estimate of drug-likeness (QED) is 0.215. The van der Waals surface area contributed by atoms with Crippen LogP contribution in [0, 0.1) is 19.8 Å². The highest BCUT2D eigenvalue weighted by molar-refractivity contribution is 7.15. The minimum atomic E-state index is -0.429. The molecule has 0 aliphatic rings. The Balaban J connectivity index is 1.42. The van der Waals surface area contributed by atoms with Crippen molar-refractivity contribution in [3.05, 3.63) is 132 Å². The average Bonchev–Trinajstić information content (AvgIpc) is 3.56. The monoisotopic (exact) mass is 603 g/mol. The van der Waals surface area contributed by atoms with E-state index in [1.54, 1.807) is 10.8 Å². The maximum absolute atomic E-state index is 13.6. The van der Waals surface area contributed by atoms with Gasteiger partial charge in [-0.15, -0.1) is 0 Å². The highest BCUT2D eigenvalue weighted by atomic mass is 32.1. The van der Waals surface area contributed by atoms with Crippen molar-refractivity contribution < 1.29 is 4.74 Å². The second-order valence-corrected chi connectivity index (χ2v) is 12.4. The number of aryl methyl sites for hydroxylation is 2. The molecule has 0 spiro atoms. The van der Waals surface area contributed by atoms with E-state index in [0.717, 1.165) is 62.7 Å². The first kappa shape index (κ1) is 29.2. The molecule has 0 saturated carbocycles. The van der Waals surface area contributed by atoms with E-state index in [-0.39, 0.29) is 16.2 Å². The van der Waals surface area contributed by atoms with Crippen LogP contribution >= 0.6 is 11.3 Å². The summed E-state index contributed by atoms with van der Waals surface area (Å²) in [6.45, 7) is 9.05. The summed E-state index contributed by atoms with van der Waals surface area (Å²) < 4.78 is 9.49. The zero-order valence-electron chi connectivity index (χ0n) is 25.2. The molecule has 222 valence electrons. The van der Waals surface area contributed by atoms with Crippen molar-refractivity contribution in [1.82, 2.24) is 24.4 Å². The van der Waals surface area contributed by atoms with Crippen LogP contribution in [-0.2, 0) is 6.42 Å². The first-order valence-corrected chi connectivity index (χ1v) is 15.5. The molecule has 6 rings (SSSR count). The van der Waals surface area contributed by atoms with Crippen LogP contribution in [0.5, 0.6) is 5.75 Å². The number of fused-ring (bicyclic) bond motifs is 1. The van der Waals surface area contributed by atoms with Crippen molar-refractivity contribution in [1.29, 1.82) is 0 Å². The van der Waals surface area contributed by atoms with Gasteiger partial charge in [0.05, 0.1) is 16.8 Å². The molecule has 44 heavy (non-hydrogen) atoms. The van der Waals surface area contributed by atoms with Gasteiger partial charge in [-0.05, 0) is 73.7 Å². The van der Waals surface area contributed by atoms with Gasteiger partial charge in [0.2, 0.25) is 4.96 Å². The molecule has 3 aromatic carbocycles. The minimum Gasteiger partial charge on any atom is -0.493 e. The number of rotatable bonds is 9. The lowest BCUT2D eigenvalue weighted by molar-refractivity contribution is 0.288. The molecule has 8 nitrogen and oxygen atoms in total. The third-order valence-electron chi connectivity index (χ3n) is 7.39. The minimum absolute atomic E-state index is 0.233. The molecule has 0 fully saturated rings. The number of benzene rings is 3. The van der Waals surface area contributed by atoms with Gasteiger partial charge in [0.1, 0.15) is 17.1 Å². The highest BCUT2D eigenvalue weighted by Crippen LogP contribution is 2.29. The predicted octanol–water partition coefficient (Wildman–Crippen LogP) is 5.54. The lowest BCUT2D eigenvalue weighted by atomic mass is 10.0. The topological polar surface area (TPSA) is 91.4 Å². The molecular formula is C35H33N5O3S. The van der Waals surface area contributed by atoms with Gasteiger partial charge in [-0.3, -0.25) is 9.59 Å². The fourth-order valence-electron chi connectivity index (χ4n) is 4.89. The summed E-state index contributed by atoms with van der Waals surface area (Å²) in [4.78, 5) is 30.9. The maximum atomic E-state index is 13.6. The van der Waals surface area contributed by atoms with E-state index in [1.807, 2.05) is 86.8 Å². The third kappa shape index (κ3) is 6.23. The van der Waals surface area contributed by atoms with Crippen LogP contribution in [0.2, 0.25) is 0 Å². The third-order valence-corrected chi connectivity index (χ3v) is 8.35. The van der Waals surface area contributed by atoms with Gasteiger partial charge < -0.3 is 4.74 Å². The number of thiazole rings is 1. The summed E-state index contributed by atoms with van der Waals surface area (Å²) >= 11 is 1.14. The molecule has 6 aromatic rings. The number of ether oxygens (including phenoxy) is 1. The summed E-state index contributed by atoms with van der Waals surface area (Å²) in [6.07, 6.45) is 4.99. The Labute approximate surface area is 258 Å². The molecular weight excluding hydrogens is 570 g/mol. The Bertz CT molecular complexity index is 2110. The van der Waals surface area contributed by atoms with Crippen LogP contribution in [-0.4, -0.2) is 31.0 Å². The summed E-state index contributed by atoms with van der Waals surface area (Å²) in [5, 5.41) is 9.36. The number of hydrogen-bond donors (Lipinski definition) is 0. The van der Waals surface area contributed by atoms with E-state index < -0.39 is 5.56 Å². The molecule has 3 aromatic heterocycles. The van der Waals surface area contributed by atoms with Gasteiger partial charge >= 0.3 is 0 Å². The second-order valence-electron chi connectivity index (χ2n) is 11.4. The maximum Gasteiger partial charge on any atom is 0.296 e. The van der Waals surface area contributed by atoms with Crippen LogP contribution in [0.1, 0.15) is 48.2 Å². The number of para-hydroxylation sites is 1. The lowest BCUT2D eigenvalue weighted by Gasteiger charge is -2.11. The van der Waals surface area contributed by atoms with E-state index in [4.69, 9.17) is 9.84 Å². The fraction of sp³-hybridized carbons (Fsp3) is 0.229. The molecule has 0 unspecified atom stereocenters. The SMILES string of the molecule is Cc1ccc(Cc2nn3c(=O)c(=Cc4cn(-c5ccccc5)nc4-c4ccc(OCCC(C)C)c(C)c4)sc3nc2=O)cc1. The molecule has 0 atom stereocenters. The molecule has 0 aliphatic carbocycles. The van der Waals surface area contributed by atoms with E-state index in [9.17, 15) is 9.59 Å². The standard InChI is InChI=1S/C35H33N5O3S/c1-22(2)16-17-43-30-15-14-26(18-24(30)4)32-27(21-39(38-32)28-8-6-5-7-9-28)20-31-34(42)40-35(44-31)36-33(41)29(37-40)19-25-12-10-23(3)11-13-25/h5-15,18,20-22H,16-17,19H2,1-4H3. The van der Waals surface area contributed by atoms with Crippen LogP contribution < -0.4 is 20.4 Å². The van der Waals surface area contributed by atoms with Crippen LogP contribution in [0.25, 0.3) is 28.0 Å². The number of nitrogens with zero attached hydrogens (tertiary/aromatic N) is 5. The van der Waals surface area contributed by atoms with Crippen molar-refractivity contribution in [2.24, 2.45) is 5.92 Å². The number of hydrogen-bond acceptors (Lipinski definition) is 7. The lowest BCUT2D eigenvalue weighted by Crippen LogP contribution is -2.28. The molecule has 9 heteroatoms. The Morgan fingerprint density at radius 3 is 2.45 bits per heavy atom. The molecule has 0 radical (unpaired) electrons. The Morgan fingerprint density at radius 1 is 0.955 bits per heavy atom. The number of aromatic nitrogens is 5. The normalized spacial score (nSPS) is 12.0. The summed E-state index contributed by atoms with van der Waals surface area (Å²) in [5.74, 6) is 1.41.